The van der Waals surface area contributed by atoms with Gasteiger partial charge in [0.15, 0.2) is 11.8 Å². The summed E-state index contributed by atoms with van der Waals surface area (Å²) in [6.45, 7) is 1.44. The van der Waals surface area contributed by atoms with Gasteiger partial charge in [-0.2, -0.15) is 0 Å². The molecule has 9 nitrogen and oxygen atoms in total. The topological polar surface area (TPSA) is 102 Å². The summed E-state index contributed by atoms with van der Waals surface area (Å²) in [5.41, 5.74) is -0.614. The van der Waals surface area contributed by atoms with E-state index in [1.165, 1.54) is 17.8 Å². The lowest BCUT2D eigenvalue weighted by molar-refractivity contribution is -0.159. The highest BCUT2D eigenvalue weighted by Crippen LogP contribution is 2.62. The molecule has 34 heavy (non-hydrogen) atoms. The zero-order valence-corrected chi connectivity index (χ0v) is 18.3. The Hall–Kier alpha value is -4.01. The average Bonchev–Trinajstić information content (AvgIpc) is 3.41. The summed E-state index contributed by atoms with van der Waals surface area (Å²) in [6, 6.07) is 13.3. The maximum Gasteiger partial charge on any atom is 0.330 e. The number of anilines is 1. The van der Waals surface area contributed by atoms with E-state index >= 15 is 0 Å². The minimum Gasteiger partial charge on any atom is -0.448 e. The molecular formula is C25H20N4O5. The van der Waals surface area contributed by atoms with E-state index in [9.17, 15) is 19.2 Å². The summed E-state index contributed by atoms with van der Waals surface area (Å²) in [5.74, 6) is -0.959. The van der Waals surface area contributed by atoms with Crippen molar-refractivity contribution in [3.63, 3.8) is 0 Å². The number of rotatable bonds is 1. The lowest BCUT2D eigenvalue weighted by Crippen LogP contribution is -2.53. The fraction of sp³-hybridized carbons (Fsp3) is 0.320. The van der Waals surface area contributed by atoms with Crippen LogP contribution in [0.15, 0.2) is 59.7 Å². The third-order valence-electron chi connectivity index (χ3n) is 7.74. The van der Waals surface area contributed by atoms with Crippen molar-refractivity contribution in [3.8, 4) is 0 Å². The highest BCUT2D eigenvalue weighted by atomic mass is 16.6. The number of fused-ring (bicyclic) bond motifs is 6. The van der Waals surface area contributed by atoms with Crippen molar-refractivity contribution in [1.29, 1.82) is 0 Å². The van der Waals surface area contributed by atoms with Crippen molar-refractivity contribution in [2.24, 2.45) is 0 Å². The van der Waals surface area contributed by atoms with Gasteiger partial charge in [-0.25, -0.2) is 9.78 Å². The number of hydrogen-bond donors (Lipinski definition) is 0. The molecule has 3 aliphatic heterocycles. The second-order valence-electron chi connectivity index (χ2n) is 9.49. The largest absolute Gasteiger partial charge is 0.448 e. The molecule has 3 unspecified atom stereocenters. The van der Waals surface area contributed by atoms with Crippen molar-refractivity contribution < 1.29 is 19.1 Å². The molecule has 0 bridgehead atoms. The Balaban J connectivity index is 1.41. The van der Waals surface area contributed by atoms with E-state index in [0.717, 1.165) is 0 Å². The Morgan fingerprint density at radius 1 is 1.06 bits per heavy atom. The summed E-state index contributed by atoms with van der Waals surface area (Å²) in [6.07, 6.45) is 1.87. The van der Waals surface area contributed by atoms with Crippen LogP contribution in [-0.4, -0.2) is 43.9 Å². The first kappa shape index (κ1) is 19.5. The fourth-order valence-corrected chi connectivity index (χ4v) is 6.17. The van der Waals surface area contributed by atoms with Crippen LogP contribution in [0.25, 0.3) is 10.9 Å². The van der Waals surface area contributed by atoms with Crippen LogP contribution in [0, 0.1) is 0 Å². The maximum atomic E-state index is 13.5. The molecule has 4 heterocycles. The van der Waals surface area contributed by atoms with Crippen LogP contribution in [0.2, 0.25) is 0 Å². The molecule has 1 saturated carbocycles. The molecule has 4 aliphatic rings. The number of amides is 2. The van der Waals surface area contributed by atoms with E-state index in [0.29, 0.717) is 35.0 Å². The van der Waals surface area contributed by atoms with Crippen LogP contribution < -0.4 is 10.5 Å². The zero-order valence-electron chi connectivity index (χ0n) is 18.3. The second-order valence-corrected chi connectivity index (χ2v) is 9.49. The molecule has 7 rings (SSSR count). The van der Waals surface area contributed by atoms with Gasteiger partial charge in [-0.3, -0.25) is 23.9 Å². The first-order valence-electron chi connectivity index (χ1n) is 11.3. The molecular weight excluding hydrogens is 436 g/mol. The maximum absolute atomic E-state index is 13.5. The van der Waals surface area contributed by atoms with Gasteiger partial charge in [0, 0.05) is 18.9 Å². The third-order valence-corrected chi connectivity index (χ3v) is 7.74. The normalized spacial score (nSPS) is 28.0. The van der Waals surface area contributed by atoms with Gasteiger partial charge in [-0.1, -0.05) is 30.3 Å². The number of esters is 1. The molecule has 3 fully saturated rings. The van der Waals surface area contributed by atoms with E-state index < -0.39 is 29.3 Å². The standard InChI is InChI=1S/C25H20N4O5/c1-14(30)29-22-25(16-7-3-5-9-18(16)28(22)23(33)24(29)10-11-24)12-19(21(32)34-25)27-13-26-17-8-4-2-6-15(17)20(27)31/h2-9,13,19,22H,10-12H2,1H3. The van der Waals surface area contributed by atoms with E-state index in [1.807, 2.05) is 24.3 Å². The Labute approximate surface area is 193 Å². The van der Waals surface area contributed by atoms with Gasteiger partial charge in [-0.15, -0.1) is 0 Å². The number of para-hydroxylation sites is 2. The van der Waals surface area contributed by atoms with Gasteiger partial charge >= 0.3 is 5.97 Å². The molecule has 2 aromatic carbocycles. The molecule has 3 aromatic rings. The number of ether oxygens (including phenoxy) is 1. The molecule has 2 amide bonds. The Bertz CT molecular complexity index is 1510. The van der Waals surface area contributed by atoms with Gasteiger partial charge < -0.3 is 9.64 Å². The minimum absolute atomic E-state index is 0.108. The van der Waals surface area contributed by atoms with Crippen LogP contribution in [0.1, 0.15) is 37.8 Å². The molecule has 9 heteroatoms. The SMILES string of the molecule is CC(=O)N1C2N(C(=O)C13CC3)c1ccccc1C21CC(n2cnc3ccccc3c2=O)C(=O)O1. The second kappa shape index (κ2) is 6.11. The molecule has 3 atom stereocenters. The number of aromatic nitrogens is 2. The number of hydrogen-bond acceptors (Lipinski definition) is 6. The van der Waals surface area contributed by atoms with Crippen LogP contribution >= 0.6 is 0 Å². The Kier molecular flexibility index (Phi) is 3.49. The van der Waals surface area contributed by atoms with Gasteiger partial charge in [0.25, 0.3) is 11.5 Å². The van der Waals surface area contributed by atoms with Crippen molar-refractivity contribution in [2.75, 3.05) is 4.90 Å². The van der Waals surface area contributed by atoms with E-state index in [2.05, 4.69) is 4.98 Å². The lowest BCUT2D eigenvalue weighted by Gasteiger charge is -2.36. The van der Waals surface area contributed by atoms with Crippen molar-refractivity contribution in [1.82, 2.24) is 14.5 Å². The molecule has 170 valence electrons. The van der Waals surface area contributed by atoms with Crippen LogP contribution in [0.5, 0.6) is 0 Å². The lowest BCUT2D eigenvalue weighted by atomic mass is 9.87. The van der Waals surface area contributed by atoms with E-state index in [1.54, 1.807) is 34.1 Å². The number of carbonyl (C=O) groups excluding carboxylic acids is 3. The highest BCUT2D eigenvalue weighted by Gasteiger charge is 2.75. The van der Waals surface area contributed by atoms with Crippen molar-refractivity contribution in [2.45, 2.75) is 49.5 Å². The first-order chi connectivity index (χ1) is 16.4. The summed E-state index contributed by atoms with van der Waals surface area (Å²) in [4.78, 5) is 60.6. The predicted molar refractivity (Wildman–Crippen MR) is 120 cm³/mol. The van der Waals surface area contributed by atoms with Crippen LogP contribution in [0.3, 0.4) is 0 Å². The predicted octanol–water partition coefficient (Wildman–Crippen LogP) is 1.85. The van der Waals surface area contributed by atoms with Crippen LogP contribution in [-0.2, 0) is 24.7 Å². The van der Waals surface area contributed by atoms with Gasteiger partial charge in [0.2, 0.25) is 5.91 Å². The van der Waals surface area contributed by atoms with E-state index in [-0.39, 0.29) is 23.8 Å². The number of nitrogens with zero attached hydrogens (tertiary/aromatic N) is 4. The Morgan fingerprint density at radius 2 is 1.79 bits per heavy atom. The Morgan fingerprint density at radius 3 is 2.56 bits per heavy atom. The minimum atomic E-state index is -1.27. The molecule has 1 aliphatic carbocycles. The van der Waals surface area contributed by atoms with Crippen molar-refractivity contribution in [3.05, 3.63) is 70.8 Å². The monoisotopic (exact) mass is 456 g/mol. The third kappa shape index (κ3) is 2.12. The quantitative estimate of drug-likeness (QED) is 0.518. The molecule has 0 N–H and O–H groups in total. The number of carbonyl (C=O) groups is 3. The summed E-state index contributed by atoms with van der Waals surface area (Å²) in [5, 5.41) is 0.408. The number of benzene rings is 2. The molecule has 0 radical (unpaired) electrons. The highest BCUT2D eigenvalue weighted by molar-refractivity contribution is 6.10. The average molecular weight is 456 g/mol. The van der Waals surface area contributed by atoms with Crippen LogP contribution in [0.4, 0.5) is 5.69 Å². The molecule has 2 spiro atoms. The summed E-state index contributed by atoms with van der Waals surface area (Å²) < 4.78 is 7.43. The van der Waals surface area contributed by atoms with Gasteiger partial charge in [0.05, 0.1) is 22.9 Å². The molecule has 2 saturated heterocycles. The first-order valence-corrected chi connectivity index (χ1v) is 11.3. The van der Waals surface area contributed by atoms with Gasteiger partial charge in [0.1, 0.15) is 11.6 Å². The zero-order chi connectivity index (χ0) is 23.4. The fourth-order valence-electron chi connectivity index (χ4n) is 6.17. The van der Waals surface area contributed by atoms with E-state index in [4.69, 9.17) is 4.74 Å². The smallest absolute Gasteiger partial charge is 0.330 e. The summed E-state index contributed by atoms with van der Waals surface area (Å²) >= 11 is 0. The van der Waals surface area contributed by atoms with Crippen molar-refractivity contribution >= 4 is 34.4 Å². The van der Waals surface area contributed by atoms with Gasteiger partial charge in [-0.05, 0) is 31.0 Å². The summed E-state index contributed by atoms with van der Waals surface area (Å²) in [7, 11) is 0. The molecule has 1 aromatic heterocycles.